The second-order valence-corrected chi connectivity index (χ2v) is 12.2. The molecule has 2 fully saturated rings. The normalized spacial score (nSPS) is 34.8. The largest absolute Gasteiger partial charge is 0.465 e. The molecular formula is C27H31ClN2O5S. The van der Waals surface area contributed by atoms with Gasteiger partial charge in [-0.1, -0.05) is 48.0 Å². The van der Waals surface area contributed by atoms with Crippen molar-refractivity contribution in [1.29, 1.82) is 0 Å². The third kappa shape index (κ3) is 3.98. The Morgan fingerprint density at radius 1 is 1.11 bits per heavy atom. The fraction of sp³-hybridized carbons (Fsp3) is 0.519. The van der Waals surface area contributed by atoms with Gasteiger partial charge >= 0.3 is 5.97 Å². The Bertz CT molecular complexity index is 1130. The van der Waals surface area contributed by atoms with Gasteiger partial charge in [0.25, 0.3) is 5.91 Å². The van der Waals surface area contributed by atoms with Crippen molar-refractivity contribution in [2.45, 2.75) is 48.1 Å². The van der Waals surface area contributed by atoms with Gasteiger partial charge < -0.3 is 19.6 Å². The number of aliphatic hydroxyl groups excluding tert-OH is 1. The van der Waals surface area contributed by atoms with Crippen LogP contribution >= 0.6 is 23.4 Å². The quantitative estimate of drug-likeness (QED) is 0.355. The van der Waals surface area contributed by atoms with E-state index in [2.05, 4.69) is 6.08 Å². The molecular weight excluding hydrogens is 500 g/mol. The average Bonchev–Trinajstić information content (AvgIpc) is 3.19. The number of anilines is 1. The van der Waals surface area contributed by atoms with Crippen molar-refractivity contribution < 1.29 is 24.2 Å². The van der Waals surface area contributed by atoms with Gasteiger partial charge in [-0.3, -0.25) is 14.4 Å². The number of carbonyl (C=O) groups is 3. The lowest BCUT2D eigenvalue weighted by Gasteiger charge is -2.37. The zero-order valence-corrected chi connectivity index (χ0v) is 21.8. The van der Waals surface area contributed by atoms with E-state index in [1.807, 2.05) is 37.3 Å². The Hall–Kier alpha value is -2.29. The van der Waals surface area contributed by atoms with Crippen molar-refractivity contribution in [3.05, 3.63) is 53.6 Å². The Labute approximate surface area is 220 Å². The van der Waals surface area contributed by atoms with Crippen LogP contribution in [0.15, 0.2) is 48.6 Å². The summed E-state index contributed by atoms with van der Waals surface area (Å²) in [7, 11) is 0. The maximum Gasteiger partial charge on any atom is 0.311 e. The molecule has 1 aromatic carbocycles. The van der Waals surface area contributed by atoms with Crippen molar-refractivity contribution >= 4 is 46.8 Å². The highest BCUT2D eigenvalue weighted by atomic mass is 35.5. The van der Waals surface area contributed by atoms with Crippen molar-refractivity contribution in [3.63, 3.8) is 0 Å². The zero-order chi connectivity index (χ0) is 25.5. The Kier molecular flexibility index (Phi) is 6.96. The second kappa shape index (κ2) is 9.88. The summed E-state index contributed by atoms with van der Waals surface area (Å²) in [5.74, 6) is -2.24. The van der Waals surface area contributed by atoms with Crippen molar-refractivity contribution in [3.8, 4) is 0 Å². The third-order valence-electron chi connectivity index (χ3n) is 7.70. The van der Waals surface area contributed by atoms with Gasteiger partial charge in [0.2, 0.25) is 5.91 Å². The molecule has 4 heterocycles. The molecule has 4 aliphatic rings. The van der Waals surface area contributed by atoms with Crippen molar-refractivity contribution in [2.24, 2.45) is 11.8 Å². The number of nitrogens with zero attached hydrogens (tertiary/aromatic N) is 2. The molecule has 1 N–H and O–H groups in total. The number of halogens is 1. The number of likely N-dealkylation sites (tertiary alicyclic amines) is 1. The fourth-order valence-corrected chi connectivity index (χ4v) is 8.55. The van der Waals surface area contributed by atoms with Crippen LogP contribution in [-0.2, 0) is 19.1 Å². The molecule has 0 saturated carbocycles. The number of cyclic esters (lactones) is 1. The van der Waals surface area contributed by atoms with Crippen LogP contribution in [0.4, 0.5) is 5.69 Å². The number of hydrogen-bond donors (Lipinski definition) is 1. The summed E-state index contributed by atoms with van der Waals surface area (Å²) in [5.41, 5.74) is 0.591. The second-order valence-electron chi connectivity index (χ2n) is 9.97. The number of amides is 2. The number of benzene rings is 1. The molecule has 9 heteroatoms. The monoisotopic (exact) mass is 530 g/mol. The molecule has 5 atom stereocenters. The fourth-order valence-electron chi connectivity index (χ4n) is 6.16. The maximum absolute atomic E-state index is 14.3. The molecule has 2 amide bonds. The summed E-state index contributed by atoms with van der Waals surface area (Å²) in [4.78, 5) is 45.1. The molecule has 4 aliphatic heterocycles. The van der Waals surface area contributed by atoms with Crippen LogP contribution in [0.25, 0.3) is 0 Å². The number of carbonyl (C=O) groups excluding carboxylic acids is 3. The van der Waals surface area contributed by atoms with Crippen LogP contribution in [0.5, 0.6) is 0 Å². The number of para-hydroxylation sites is 1. The van der Waals surface area contributed by atoms with E-state index < -0.39 is 27.4 Å². The lowest BCUT2D eigenvalue weighted by atomic mass is 9.74. The summed E-state index contributed by atoms with van der Waals surface area (Å²) in [6.07, 6.45) is 10.6. The molecule has 36 heavy (non-hydrogen) atoms. The Morgan fingerprint density at radius 2 is 1.92 bits per heavy atom. The number of fused-ring (bicyclic) bond motifs is 2. The van der Waals surface area contributed by atoms with E-state index in [-0.39, 0.29) is 24.4 Å². The van der Waals surface area contributed by atoms with E-state index in [0.29, 0.717) is 43.2 Å². The number of rotatable bonds is 5. The highest BCUT2D eigenvalue weighted by molar-refractivity contribution is 8.02. The van der Waals surface area contributed by atoms with E-state index in [0.717, 1.165) is 12.8 Å². The maximum atomic E-state index is 14.3. The van der Waals surface area contributed by atoms with E-state index in [1.165, 1.54) is 11.8 Å². The molecule has 1 unspecified atom stereocenters. The van der Waals surface area contributed by atoms with Gasteiger partial charge in [-0.15, -0.1) is 11.8 Å². The van der Waals surface area contributed by atoms with Crippen LogP contribution in [0, 0.1) is 11.8 Å². The number of ether oxygens (including phenoxy) is 1. The molecule has 5 rings (SSSR count). The minimum absolute atomic E-state index is 0.00737. The van der Waals surface area contributed by atoms with Gasteiger partial charge in [0, 0.05) is 24.4 Å². The predicted octanol–water partition coefficient (Wildman–Crippen LogP) is 3.60. The number of hydrogen-bond acceptors (Lipinski definition) is 6. The Balaban J connectivity index is 1.63. The summed E-state index contributed by atoms with van der Waals surface area (Å²) in [6.45, 7) is 2.94. The minimum atomic E-state index is -0.925. The smallest absolute Gasteiger partial charge is 0.311 e. The lowest BCUT2D eigenvalue weighted by Crippen LogP contribution is -2.53. The van der Waals surface area contributed by atoms with Crippen LogP contribution in [0.2, 0.25) is 5.02 Å². The standard InChI is InChI=1S/C27H31ClN2O5S/c1-26-12-5-2-8-17-35-25(34)21(26)20-23(32)30(14-6-7-16-31)22-24(33)29(15-9-13-27(20,22)36-26)19-11-4-3-10-18(19)28/h3-5,9-13,20-22,31H,2,6-8,14-17H2,1H3/b12-5-/t20-,21-,22?,26+,27-/m0/s1. The molecule has 0 radical (unpaired) electrons. The highest BCUT2D eigenvalue weighted by Crippen LogP contribution is 2.65. The predicted molar refractivity (Wildman–Crippen MR) is 140 cm³/mol. The van der Waals surface area contributed by atoms with E-state index in [1.54, 1.807) is 21.9 Å². The number of allylic oxidation sites excluding steroid dienone is 1. The summed E-state index contributed by atoms with van der Waals surface area (Å²) >= 11 is 8.02. The van der Waals surface area contributed by atoms with E-state index >= 15 is 0 Å². The topological polar surface area (TPSA) is 87.1 Å². The van der Waals surface area contributed by atoms with E-state index in [9.17, 15) is 19.5 Å². The van der Waals surface area contributed by atoms with Crippen LogP contribution < -0.4 is 4.90 Å². The molecule has 192 valence electrons. The van der Waals surface area contributed by atoms with Gasteiger partial charge in [0.1, 0.15) is 6.04 Å². The first-order valence-corrected chi connectivity index (χ1v) is 13.7. The number of esters is 1. The van der Waals surface area contributed by atoms with Crippen LogP contribution in [-0.4, -0.2) is 69.6 Å². The van der Waals surface area contributed by atoms with Gasteiger partial charge in [0.05, 0.1) is 33.9 Å². The summed E-state index contributed by atoms with van der Waals surface area (Å²) in [5, 5.41) is 9.80. The summed E-state index contributed by atoms with van der Waals surface area (Å²) in [6, 6.07) is 6.38. The summed E-state index contributed by atoms with van der Waals surface area (Å²) < 4.78 is 4.02. The molecule has 0 bridgehead atoms. The SMILES string of the molecule is C[C@@]12/C=C\CCCOC(=O)[C@@H]1[C@H]1C(=O)N(CCCCO)C3C(=O)N(c4ccccc4Cl)CC=C[C@@]31S2. The van der Waals surface area contributed by atoms with Gasteiger partial charge in [-0.25, -0.2) is 0 Å². The number of thioether (sulfide) groups is 1. The molecule has 1 aromatic rings. The number of aliphatic hydroxyl groups is 1. The Morgan fingerprint density at radius 3 is 2.69 bits per heavy atom. The van der Waals surface area contributed by atoms with Gasteiger partial charge in [-0.2, -0.15) is 0 Å². The van der Waals surface area contributed by atoms with Crippen LogP contribution in [0.3, 0.4) is 0 Å². The lowest BCUT2D eigenvalue weighted by molar-refractivity contribution is -0.154. The van der Waals surface area contributed by atoms with Crippen molar-refractivity contribution in [2.75, 3.05) is 31.2 Å². The van der Waals surface area contributed by atoms with E-state index in [4.69, 9.17) is 16.3 Å². The first-order valence-electron chi connectivity index (χ1n) is 12.5. The van der Waals surface area contributed by atoms with Crippen molar-refractivity contribution in [1.82, 2.24) is 4.90 Å². The zero-order valence-electron chi connectivity index (χ0n) is 20.3. The molecule has 0 aromatic heterocycles. The van der Waals surface area contributed by atoms with Gasteiger partial charge in [0.15, 0.2) is 0 Å². The third-order valence-corrected chi connectivity index (χ3v) is 9.82. The minimum Gasteiger partial charge on any atom is -0.465 e. The molecule has 1 spiro atoms. The molecule has 0 aliphatic carbocycles. The number of unbranched alkanes of at least 4 members (excludes halogenated alkanes) is 1. The highest BCUT2D eigenvalue weighted by Gasteiger charge is 2.73. The first kappa shape index (κ1) is 25.4. The molecule has 7 nitrogen and oxygen atoms in total. The first-order chi connectivity index (χ1) is 17.3. The van der Waals surface area contributed by atoms with Crippen LogP contribution in [0.1, 0.15) is 32.6 Å². The van der Waals surface area contributed by atoms with Gasteiger partial charge in [-0.05, 0) is 44.7 Å². The average molecular weight is 531 g/mol. The molecule has 2 saturated heterocycles.